The van der Waals surface area contributed by atoms with Gasteiger partial charge in [-0.2, -0.15) is 0 Å². The number of benzene rings is 2. The molecular formula is C18H18ClN3OS. The Labute approximate surface area is 150 Å². The molecule has 0 aliphatic rings. The highest BCUT2D eigenvalue weighted by Gasteiger charge is 2.04. The molecule has 0 saturated heterocycles. The Morgan fingerprint density at radius 3 is 2.79 bits per heavy atom. The molecule has 4 nitrogen and oxygen atoms in total. The molecule has 1 aromatic heterocycles. The first kappa shape index (κ1) is 16.9. The Hall–Kier alpha value is -1.98. The number of para-hydroxylation sites is 2. The topological polar surface area (TPSA) is 46.9 Å². The zero-order valence-electron chi connectivity index (χ0n) is 13.1. The lowest BCUT2D eigenvalue weighted by molar-refractivity contribution is -0.118. The summed E-state index contributed by atoms with van der Waals surface area (Å²) < 4.78 is 2.12. The van der Waals surface area contributed by atoms with Crippen LogP contribution < -0.4 is 5.32 Å². The highest BCUT2D eigenvalue weighted by molar-refractivity contribution is 8.00. The summed E-state index contributed by atoms with van der Waals surface area (Å²) in [4.78, 5) is 17.3. The van der Waals surface area contributed by atoms with Gasteiger partial charge in [0.1, 0.15) is 0 Å². The molecule has 3 rings (SSSR count). The number of imidazole rings is 1. The number of hydrogen-bond acceptors (Lipinski definition) is 3. The van der Waals surface area contributed by atoms with Gasteiger partial charge in [0.05, 0.1) is 23.1 Å². The van der Waals surface area contributed by atoms with Gasteiger partial charge in [-0.15, -0.1) is 11.8 Å². The minimum absolute atomic E-state index is 0.0467. The quantitative estimate of drug-likeness (QED) is 0.512. The van der Waals surface area contributed by atoms with E-state index >= 15 is 0 Å². The lowest BCUT2D eigenvalue weighted by Gasteiger charge is -2.07. The third-order valence-corrected chi connectivity index (χ3v) is 4.87. The molecule has 0 aliphatic heterocycles. The fourth-order valence-electron chi connectivity index (χ4n) is 2.40. The molecule has 1 N–H and O–H groups in total. The minimum Gasteiger partial charge on any atom is -0.355 e. The fourth-order valence-corrected chi connectivity index (χ4v) is 3.25. The standard InChI is InChI=1S/C18H18ClN3OS/c19-14-6-8-15(9-7-14)24-12-18(23)20-10-3-11-22-13-21-16-4-1-2-5-17(16)22/h1-2,4-9,13H,3,10-12H2,(H,20,23). The van der Waals surface area contributed by atoms with Crippen LogP contribution in [0.5, 0.6) is 0 Å². The van der Waals surface area contributed by atoms with Gasteiger partial charge in [-0.3, -0.25) is 4.79 Å². The van der Waals surface area contributed by atoms with Crippen LogP contribution in [-0.4, -0.2) is 27.8 Å². The van der Waals surface area contributed by atoms with Crippen LogP contribution in [0, 0.1) is 0 Å². The molecule has 3 aromatic rings. The number of nitrogens with zero attached hydrogens (tertiary/aromatic N) is 2. The number of carbonyl (C=O) groups is 1. The molecule has 24 heavy (non-hydrogen) atoms. The van der Waals surface area contributed by atoms with Gasteiger partial charge in [0.15, 0.2) is 0 Å². The number of nitrogens with one attached hydrogen (secondary N) is 1. The molecule has 2 aromatic carbocycles. The first-order chi connectivity index (χ1) is 11.7. The third-order valence-electron chi connectivity index (χ3n) is 3.61. The average Bonchev–Trinajstić information content (AvgIpc) is 3.01. The SMILES string of the molecule is O=C(CSc1ccc(Cl)cc1)NCCCn1cnc2ccccc21. The number of halogens is 1. The van der Waals surface area contributed by atoms with Gasteiger partial charge >= 0.3 is 0 Å². The van der Waals surface area contributed by atoms with E-state index in [2.05, 4.69) is 20.9 Å². The molecule has 0 radical (unpaired) electrons. The molecule has 0 atom stereocenters. The second-order valence-corrected chi connectivity index (χ2v) is 6.86. The molecule has 124 valence electrons. The lowest BCUT2D eigenvalue weighted by atomic mass is 10.3. The van der Waals surface area contributed by atoms with Gasteiger partial charge in [0.25, 0.3) is 0 Å². The Morgan fingerprint density at radius 1 is 1.17 bits per heavy atom. The summed E-state index contributed by atoms with van der Waals surface area (Å²) in [6.07, 6.45) is 2.72. The second kappa shape index (κ2) is 8.22. The van der Waals surface area contributed by atoms with Crippen molar-refractivity contribution in [2.24, 2.45) is 0 Å². The molecule has 0 spiro atoms. The Kier molecular flexibility index (Phi) is 5.77. The van der Waals surface area contributed by atoms with Gasteiger partial charge in [0.2, 0.25) is 5.91 Å². The maximum Gasteiger partial charge on any atom is 0.230 e. The highest BCUT2D eigenvalue weighted by Crippen LogP contribution is 2.19. The lowest BCUT2D eigenvalue weighted by Crippen LogP contribution is -2.26. The van der Waals surface area contributed by atoms with Gasteiger partial charge in [-0.1, -0.05) is 23.7 Å². The average molecular weight is 360 g/mol. The van der Waals surface area contributed by atoms with E-state index in [4.69, 9.17) is 11.6 Å². The number of thioether (sulfide) groups is 1. The highest BCUT2D eigenvalue weighted by atomic mass is 35.5. The normalized spacial score (nSPS) is 10.9. The molecule has 0 saturated carbocycles. The van der Waals surface area contributed by atoms with Crippen LogP contribution in [0.1, 0.15) is 6.42 Å². The van der Waals surface area contributed by atoms with Crippen LogP contribution in [0.3, 0.4) is 0 Å². The summed E-state index contributed by atoms with van der Waals surface area (Å²) in [6.45, 7) is 1.50. The molecule has 1 amide bonds. The largest absolute Gasteiger partial charge is 0.355 e. The molecular weight excluding hydrogens is 342 g/mol. The summed E-state index contributed by atoms with van der Waals surface area (Å²) in [5.74, 6) is 0.459. The van der Waals surface area contributed by atoms with Gasteiger partial charge in [0, 0.05) is 23.0 Å². The first-order valence-electron chi connectivity index (χ1n) is 7.77. The van der Waals surface area contributed by atoms with Gasteiger partial charge in [-0.05, 0) is 42.8 Å². The van der Waals surface area contributed by atoms with E-state index in [-0.39, 0.29) is 5.91 Å². The van der Waals surface area contributed by atoms with E-state index < -0.39 is 0 Å². The number of aryl methyl sites for hydroxylation is 1. The number of rotatable bonds is 7. The van der Waals surface area contributed by atoms with E-state index in [0.717, 1.165) is 28.9 Å². The maximum absolute atomic E-state index is 11.9. The van der Waals surface area contributed by atoms with Crippen molar-refractivity contribution in [2.75, 3.05) is 12.3 Å². The molecule has 0 bridgehead atoms. The van der Waals surface area contributed by atoms with Crippen LogP contribution in [0.25, 0.3) is 11.0 Å². The second-order valence-electron chi connectivity index (χ2n) is 5.37. The third kappa shape index (κ3) is 4.52. The van der Waals surface area contributed by atoms with Crippen molar-refractivity contribution >= 4 is 40.3 Å². The minimum atomic E-state index is 0.0467. The summed E-state index contributed by atoms with van der Waals surface area (Å²) in [7, 11) is 0. The Balaban J connectivity index is 1.38. The molecule has 0 fully saturated rings. The molecule has 1 heterocycles. The summed E-state index contributed by atoms with van der Waals surface area (Å²) in [5, 5.41) is 3.66. The Bertz CT molecular complexity index is 817. The van der Waals surface area contributed by atoms with E-state index in [0.29, 0.717) is 17.3 Å². The van der Waals surface area contributed by atoms with Gasteiger partial charge < -0.3 is 9.88 Å². The van der Waals surface area contributed by atoms with Crippen molar-refractivity contribution in [3.05, 3.63) is 59.9 Å². The summed E-state index contributed by atoms with van der Waals surface area (Å²) >= 11 is 7.35. The zero-order valence-corrected chi connectivity index (χ0v) is 14.7. The van der Waals surface area contributed by atoms with E-state index in [1.54, 1.807) is 0 Å². The summed E-state index contributed by atoms with van der Waals surface area (Å²) in [5.41, 5.74) is 2.13. The first-order valence-corrected chi connectivity index (χ1v) is 9.14. The van der Waals surface area contributed by atoms with E-state index in [1.165, 1.54) is 11.8 Å². The van der Waals surface area contributed by atoms with Crippen LogP contribution in [0.2, 0.25) is 5.02 Å². The predicted molar refractivity (Wildman–Crippen MR) is 99.5 cm³/mol. The number of amides is 1. The van der Waals surface area contributed by atoms with Crippen molar-refractivity contribution < 1.29 is 4.79 Å². The van der Waals surface area contributed by atoms with Crippen molar-refractivity contribution in [3.63, 3.8) is 0 Å². The number of hydrogen-bond donors (Lipinski definition) is 1. The van der Waals surface area contributed by atoms with E-state index in [9.17, 15) is 4.79 Å². The fraction of sp³-hybridized carbons (Fsp3) is 0.222. The smallest absolute Gasteiger partial charge is 0.230 e. The van der Waals surface area contributed by atoms with Crippen molar-refractivity contribution in [2.45, 2.75) is 17.9 Å². The van der Waals surface area contributed by atoms with Crippen LogP contribution in [0.15, 0.2) is 59.8 Å². The predicted octanol–water partition coefficient (Wildman–Crippen LogP) is 3.99. The zero-order chi connectivity index (χ0) is 16.8. The number of carbonyl (C=O) groups excluding carboxylic acids is 1. The monoisotopic (exact) mass is 359 g/mol. The summed E-state index contributed by atoms with van der Waals surface area (Å²) in [6, 6.07) is 15.6. The maximum atomic E-state index is 11.9. The van der Waals surface area contributed by atoms with Crippen LogP contribution in [0.4, 0.5) is 0 Å². The van der Waals surface area contributed by atoms with Crippen molar-refractivity contribution in [1.82, 2.24) is 14.9 Å². The number of aromatic nitrogens is 2. The molecule has 6 heteroatoms. The van der Waals surface area contributed by atoms with Gasteiger partial charge in [-0.25, -0.2) is 4.98 Å². The van der Waals surface area contributed by atoms with Crippen molar-refractivity contribution in [1.29, 1.82) is 0 Å². The van der Waals surface area contributed by atoms with Crippen LogP contribution in [-0.2, 0) is 11.3 Å². The molecule has 0 unspecified atom stereocenters. The Morgan fingerprint density at radius 2 is 1.96 bits per heavy atom. The molecule has 0 aliphatic carbocycles. The van der Waals surface area contributed by atoms with Crippen LogP contribution >= 0.6 is 23.4 Å². The number of fused-ring (bicyclic) bond motifs is 1. The van der Waals surface area contributed by atoms with E-state index in [1.807, 2.05) is 48.8 Å². The van der Waals surface area contributed by atoms with Crippen molar-refractivity contribution in [3.8, 4) is 0 Å².